The lowest BCUT2D eigenvalue weighted by atomic mass is 10.3. The summed E-state index contributed by atoms with van der Waals surface area (Å²) in [5.41, 5.74) is 0. The highest BCUT2D eigenvalue weighted by Crippen LogP contribution is 2.08. The van der Waals surface area contributed by atoms with Crippen LogP contribution in [0.3, 0.4) is 0 Å². The summed E-state index contributed by atoms with van der Waals surface area (Å²) in [5, 5.41) is 24.6. The number of hydrogen-bond donors (Lipinski definition) is 3. The maximum absolute atomic E-state index is 10.9. The first-order valence-corrected chi connectivity index (χ1v) is 9.05. The van der Waals surface area contributed by atoms with Crippen LogP contribution in [0.5, 0.6) is 0 Å². The van der Waals surface area contributed by atoms with Gasteiger partial charge in [0.05, 0.1) is 12.2 Å². The lowest BCUT2D eigenvalue weighted by molar-refractivity contribution is -0.127. The van der Waals surface area contributed by atoms with E-state index in [0.717, 1.165) is 51.6 Å². The summed E-state index contributed by atoms with van der Waals surface area (Å²) in [4.78, 5) is 12.8. The summed E-state index contributed by atoms with van der Waals surface area (Å²) in [6.45, 7) is 13.8. The normalized spacial score (nSPS) is 15.3. The van der Waals surface area contributed by atoms with Crippen LogP contribution < -0.4 is 0 Å². The standard InChI is InChI=1S/C7H13NO.2C4H10O.C3H8O/c1-2-5-8-6-3-4-7(8)9;2*1-3-4(2)5;1-2-3-4/h2-6H2,1H3;2*4-5H,3H2,1-2H3;4H,2-3H2,1H3. The lowest BCUT2D eigenvalue weighted by Gasteiger charge is -2.12. The van der Waals surface area contributed by atoms with Gasteiger partial charge in [0.1, 0.15) is 0 Å². The minimum Gasteiger partial charge on any atom is -0.396 e. The number of likely N-dealkylation sites (tertiary alicyclic amines) is 1. The molecule has 0 spiro atoms. The predicted molar refractivity (Wildman–Crippen MR) is 97.4 cm³/mol. The van der Waals surface area contributed by atoms with Crippen LogP contribution in [0, 0.1) is 0 Å². The molecule has 2 atom stereocenters. The minimum atomic E-state index is -0.116. The quantitative estimate of drug-likeness (QED) is 0.721. The molecular weight excluding hydrogens is 294 g/mol. The highest BCUT2D eigenvalue weighted by Gasteiger charge is 2.17. The van der Waals surface area contributed by atoms with Crippen LogP contribution in [0.4, 0.5) is 0 Å². The SMILES string of the molecule is CCC(C)O.CCC(C)O.CCCN1CCCC1=O.CCCO. The molecule has 1 amide bonds. The molecule has 1 saturated heterocycles. The first-order chi connectivity index (χ1) is 10.8. The van der Waals surface area contributed by atoms with Crippen molar-refractivity contribution in [2.45, 2.75) is 92.3 Å². The molecule has 0 bridgehead atoms. The van der Waals surface area contributed by atoms with E-state index in [2.05, 4.69) is 6.92 Å². The zero-order valence-electron chi connectivity index (χ0n) is 16.2. The van der Waals surface area contributed by atoms with E-state index in [1.807, 2.05) is 25.7 Å². The summed E-state index contributed by atoms with van der Waals surface area (Å²) < 4.78 is 0. The smallest absolute Gasteiger partial charge is 0.222 e. The van der Waals surface area contributed by atoms with Gasteiger partial charge in [0, 0.05) is 26.1 Å². The van der Waals surface area contributed by atoms with Crippen LogP contribution in [-0.2, 0) is 4.79 Å². The maximum Gasteiger partial charge on any atom is 0.222 e. The Morgan fingerprint density at radius 2 is 1.39 bits per heavy atom. The first kappa shape index (κ1) is 27.2. The third-order valence-electron chi connectivity index (χ3n) is 3.07. The number of hydrogen-bond acceptors (Lipinski definition) is 4. The summed E-state index contributed by atoms with van der Waals surface area (Å²) in [7, 11) is 0. The summed E-state index contributed by atoms with van der Waals surface area (Å²) in [6.07, 6.45) is 5.30. The van der Waals surface area contributed by atoms with Crippen molar-refractivity contribution in [2.24, 2.45) is 0 Å². The van der Waals surface area contributed by atoms with Crippen LogP contribution in [0.15, 0.2) is 0 Å². The number of carbonyl (C=O) groups excluding carboxylic acids is 1. The molecule has 0 aromatic rings. The van der Waals surface area contributed by atoms with Crippen molar-refractivity contribution in [3.63, 3.8) is 0 Å². The topological polar surface area (TPSA) is 81.0 Å². The Balaban J connectivity index is -0.000000249. The van der Waals surface area contributed by atoms with Gasteiger partial charge in [-0.25, -0.2) is 0 Å². The number of rotatable bonds is 5. The predicted octanol–water partition coefficient (Wildman–Crippen LogP) is 2.96. The highest BCUT2D eigenvalue weighted by molar-refractivity contribution is 5.77. The second-order valence-electron chi connectivity index (χ2n) is 5.72. The van der Waals surface area contributed by atoms with Crippen molar-refractivity contribution < 1.29 is 20.1 Å². The van der Waals surface area contributed by atoms with Crippen LogP contribution >= 0.6 is 0 Å². The van der Waals surface area contributed by atoms with Gasteiger partial charge in [0.2, 0.25) is 5.91 Å². The molecule has 23 heavy (non-hydrogen) atoms. The second-order valence-corrected chi connectivity index (χ2v) is 5.72. The van der Waals surface area contributed by atoms with Crippen LogP contribution in [0.25, 0.3) is 0 Å². The summed E-state index contributed by atoms with van der Waals surface area (Å²) in [6, 6.07) is 0. The third kappa shape index (κ3) is 26.6. The number of carbonyl (C=O) groups is 1. The van der Waals surface area contributed by atoms with Crippen molar-refractivity contribution in [1.82, 2.24) is 4.90 Å². The molecule has 1 heterocycles. The molecule has 0 aromatic carbocycles. The maximum atomic E-state index is 10.9. The van der Waals surface area contributed by atoms with E-state index in [-0.39, 0.29) is 12.2 Å². The van der Waals surface area contributed by atoms with E-state index in [1.54, 1.807) is 13.8 Å². The minimum absolute atomic E-state index is 0.116. The van der Waals surface area contributed by atoms with Gasteiger partial charge in [-0.1, -0.05) is 27.7 Å². The molecule has 142 valence electrons. The molecule has 1 rings (SSSR count). The van der Waals surface area contributed by atoms with Crippen molar-refractivity contribution in [3.05, 3.63) is 0 Å². The largest absolute Gasteiger partial charge is 0.396 e. The zero-order chi connectivity index (χ0) is 18.7. The second kappa shape index (κ2) is 21.4. The van der Waals surface area contributed by atoms with Crippen LogP contribution in [0.2, 0.25) is 0 Å². The van der Waals surface area contributed by atoms with Gasteiger partial charge in [-0.2, -0.15) is 0 Å². The summed E-state index contributed by atoms with van der Waals surface area (Å²) in [5.74, 6) is 0.344. The molecule has 2 unspecified atom stereocenters. The molecule has 3 N–H and O–H groups in total. The molecule has 5 nitrogen and oxygen atoms in total. The lowest BCUT2D eigenvalue weighted by Crippen LogP contribution is -2.24. The average Bonchev–Trinajstić information content (AvgIpc) is 2.94. The third-order valence-corrected chi connectivity index (χ3v) is 3.07. The number of nitrogens with zero attached hydrogens (tertiary/aromatic N) is 1. The fourth-order valence-electron chi connectivity index (χ4n) is 1.21. The Morgan fingerprint density at radius 1 is 1.00 bits per heavy atom. The Hall–Kier alpha value is -0.650. The molecule has 0 saturated carbocycles. The molecule has 0 aromatic heterocycles. The van der Waals surface area contributed by atoms with Crippen molar-refractivity contribution in [3.8, 4) is 0 Å². The molecule has 5 heteroatoms. The van der Waals surface area contributed by atoms with E-state index < -0.39 is 0 Å². The van der Waals surface area contributed by atoms with E-state index >= 15 is 0 Å². The Kier molecular flexibility index (Phi) is 25.3. The van der Waals surface area contributed by atoms with Gasteiger partial charge < -0.3 is 20.2 Å². The molecule has 1 fully saturated rings. The van der Waals surface area contributed by atoms with E-state index in [9.17, 15) is 4.79 Å². The zero-order valence-corrected chi connectivity index (χ0v) is 16.2. The van der Waals surface area contributed by atoms with E-state index in [4.69, 9.17) is 15.3 Å². The first-order valence-electron chi connectivity index (χ1n) is 9.05. The van der Waals surface area contributed by atoms with Gasteiger partial charge in [0.15, 0.2) is 0 Å². The molecule has 0 aliphatic carbocycles. The van der Waals surface area contributed by atoms with Gasteiger partial charge in [-0.15, -0.1) is 0 Å². The van der Waals surface area contributed by atoms with Crippen molar-refractivity contribution in [2.75, 3.05) is 19.7 Å². The van der Waals surface area contributed by atoms with Crippen molar-refractivity contribution in [1.29, 1.82) is 0 Å². The Bertz CT molecular complexity index is 223. The molecular formula is C18H41NO4. The van der Waals surface area contributed by atoms with Gasteiger partial charge >= 0.3 is 0 Å². The van der Waals surface area contributed by atoms with E-state index in [0.29, 0.717) is 12.5 Å². The summed E-state index contributed by atoms with van der Waals surface area (Å²) >= 11 is 0. The van der Waals surface area contributed by atoms with Gasteiger partial charge in [-0.3, -0.25) is 4.79 Å². The molecule has 1 aliphatic rings. The molecule has 1 aliphatic heterocycles. The highest BCUT2D eigenvalue weighted by atomic mass is 16.3. The van der Waals surface area contributed by atoms with Gasteiger partial charge in [-0.05, 0) is 46.0 Å². The van der Waals surface area contributed by atoms with Crippen LogP contribution in [-0.4, -0.2) is 58.0 Å². The fourth-order valence-corrected chi connectivity index (χ4v) is 1.21. The average molecular weight is 336 g/mol. The van der Waals surface area contributed by atoms with E-state index in [1.165, 1.54) is 0 Å². The monoisotopic (exact) mass is 335 g/mol. The Morgan fingerprint density at radius 3 is 1.57 bits per heavy atom. The number of amides is 1. The van der Waals surface area contributed by atoms with Gasteiger partial charge in [0.25, 0.3) is 0 Å². The molecule has 0 radical (unpaired) electrons. The number of aliphatic hydroxyl groups is 3. The fraction of sp³-hybridized carbons (Fsp3) is 0.944. The Labute approximate surface area is 143 Å². The van der Waals surface area contributed by atoms with Crippen molar-refractivity contribution >= 4 is 5.91 Å². The number of aliphatic hydroxyl groups excluding tert-OH is 3. The van der Waals surface area contributed by atoms with Crippen LogP contribution in [0.1, 0.15) is 80.1 Å².